The standard InChI is InChI=1S/C17H21N3/c1-4-14(3)20-10-8-16(18-20)12-19-9-7-15-11-13(2)5-6-17(15)19/h5-11,14H,4,12H2,1-3H3. The number of hydrogen-bond donors (Lipinski definition) is 0. The van der Waals surface area contributed by atoms with Crippen molar-refractivity contribution in [2.45, 2.75) is 39.8 Å². The highest BCUT2D eigenvalue weighted by atomic mass is 15.3. The summed E-state index contributed by atoms with van der Waals surface area (Å²) >= 11 is 0. The molecule has 0 N–H and O–H groups in total. The zero-order valence-electron chi connectivity index (χ0n) is 12.4. The third-order valence-electron chi connectivity index (χ3n) is 3.96. The Hall–Kier alpha value is -2.03. The van der Waals surface area contributed by atoms with Crippen molar-refractivity contribution in [3.8, 4) is 0 Å². The Morgan fingerprint density at radius 2 is 2.00 bits per heavy atom. The van der Waals surface area contributed by atoms with Gasteiger partial charge in [0.1, 0.15) is 0 Å². The van der Waals surface area contributed by atoms with E-state index >= 15 is 0 Å². The molecule has 3 heteroatoms. The molecule has 0 saturated carbocycles. The Balaban J connectivity index is 1.87. The molecule has 0 radical (unpaired) electrons. The second kappa shape index (κ2) is 5.16. The number of benzene rings is 1. The highest BCUT2D eigenvalue weighted by Gasteiger charge is 2.07. The van der Waals surface area contributed by atoms with Crippen LogP contribution in [0.2, 0.25) is 0 Å². The van der Waals surface area contributed by atoms with E-state index in [9.17, 15) is 0 Å². The van der Waals surface area contributed by atoms with Crippen LogP contribution in [0, 0.1) is 6.92 Å². The van der Waals surface area contributed by atoms with Crippen LogP contribution in [0.5, 0.6) is 0 Å². The smallest absolute Gasteiger partial charge is 0.0821 e. The third-order valence-corrected chi connectivity index (χ3v) is 3.96. The molecule has 0 amide bonds. The summed E-state index contributed by atoms with van der Waals surface area (Å²) in [4.78, 5) is 0. The first-order valence-corrected chi connectivity index (χ1v) is 7.27. The van der Waals surface area contributed by atoms with E-state index in [1.54, 1.807) is 0 Å². The van der Waals surface area contributed by atoms with Gasteiger partial charge < -0.3 is 4.57 Å². The van der Waals surface area contributed by atoms with Crippen molar-refractivity contribution in [1.29, 1.82) is 0 Å². The van der Waals surface area contributed by atoms with Gasteiger partial charge >= 0.3 is 0 Å². The first kappa shape index (κ1) is 13.0. The van der Waals surface area contributed by atoms with Crippen LogP contribution in [0.3, 0.4) is 0 Å². The Kier molecular flexibility index (Phi) is 3.35. The minimum Gasteiger partial charge on any atom is -0.341 e. The number of hydrogen-bond acceptors (Lipinski definition) is 1. The van der Waals surface area contributed by atoms with E-state index in [-0.39, 0.29) is 0 Å². The van der Waals surface area contributed by atoms with Crippen molar-refractivity contribution >= 4 is 10.9 Å². The van der Waals surface area contributed by atoms with E-state index < -0.39 is 0 Å². The van der Waals surface area contributed by atoms with Gasteiger partial charge in [0.15, 0.2) is 0 Å². The quantitative estimate of drug-likeness (QED) is 0.695. The number of fused-ring (bicyclic) bond motifs is 1. The Morgan fingerprint density at radius 1 is 1.15 bits per heavy atom. The van der Waals surface area contributed by atoms with E-state index in [1.165, 1.54) is 16.5 Å². The van der Waals surface area contributed by atoms with Gasteiger partial charge in [-0.1, -0.05) is 18.6 Å². The summed E-state index contributed by atoms with van der Waals surface area (Å²) in [5.74, 6) is 0. The van der Waals surface area contributed by atoms with Gasteiger partial charge in [0.05, 0.1) is 12.2 Å². The second-order valence-corrected chi connectivity index (χ2v) is 5.55. The van der Waals surface area contributed by atoms with Crippen LogP contribution in [-0.4, -0.2) is 14.3 Å². The second-order valence-electron chi connectivity index (χ2n) is 5.55. The molecule has 3 nitrogen and oxygen atoms in total. The van der Waals surface area contributed by atoms with Gasteiger partial charge in [-0.05, 0) is 49.9 Å². The lowest BCUT2D eigenvalue weighted by atomic mass is 10.2. The van der Waals surface area contributed by atoms with Gasteiger partial charge in [0.25, 0.3) is 0 Å². The number of aryl methyl sites for hydroxylation is 1. The van der Waals surface area contributed by atoms with Crippen LogP contribution in [0.15, 0.2) is 42.7 Å². The molecule has 20 heavy (non-hydrogen) atoms. The van der Waals surface area contributed by atoms with Crippen LogP contribution in [0.4, 0.5) is 0 Å². The molecule has 0 fully saturated rings. The van der Waals surface area contributed by atoms with Crippen LogP contribution >= 0.6 is 0 Å². The number of nitrogens with zero attached hydrogens (tertiary/aromatic N) is 3. The van der Waals surface area contributed by atoms with Crippen LogP contribution in [0.25, 0.3) is 10.9 Å². The molecule has 2 heterocycles. The molecule has 0 saturated heterocycles. The molecule has 3 aromatic rings. The minimum absolute atomic E-state index is 0.466. The van der Waals surface area contributed by atoms with Crippen molar-refractivity contribution in [3.63, 3.8) is 0 Å². The summed E-state index contributed by atoms with van der Waals surface area (Å²) in [5.41, 5.74) is 3.69. The van der Waals surface area contributed by atoms with Crippen molar-refractivity contribution in [2.24, 2.45) is 0 Å². The van der Waals surface area contributed by atoms with Crippen molar-refractivity contribution < 1.29 is 0 Å². The molecule has 0 aliphatic rings. The van der Waals surface area contributed by atoms with E-state index in [4.69, 9.17) is 0 Å². The first-order valence-electron chi connectivity index (χ1n) is 7.27. The van der Waals surface area contributed by atoms with Crippen molar-refractivity contribution in [3.05, 3.63) is 54.0 Å². The molecule has 0 bridgehead atoms. The fourth-order valence-electron chi connectivity index (χ4n) is 2.53. The molecular formula is C17H21N3. The van der Waals surface area contributed by atoms with Crippen molar-refractivity contribution in [1.82, 2.24) is 14.3 Å². The summed E-state index contributed by atoms with van der Waals surface area (Å²) < 4.78 is 4.32. The van der Waals surface area contributed by atoms with E-state index in [1.807, 2.05) is 0 Å². The lowest BCUT2D eigenvalue weighted by molar-refractivity contribution is 0.472. The summed E-state index contributed by atoms with van der Waals surface area (Å²) in [7, 11) is 0. The molecule has 0 spiro atoms. The lowest BCUT2D eigenvalue weighted by Crippen LogP contribution is -2.06. The topological polar surface area (TPSA) is 22.8 Å². The molecule has 0 aliphatic carbocycles. The Labute approximate surface area is 119 Å². The van der Waals surface area contributed by atoms with Gasteiger partial charge in [-0.15, -0.1) is 0 Å². The van der Waals surface area contributed by atoms with Crippen LogP contribution in [0.1, 0.15) is 37.6 Å². The van der Waals surface area contributed by atoms with Gasteiger partial charge in [-0.2, -0.15) is 5.10 Å². The van der Waals surface area contributed by atoms with Gasteiger partial charge in [-0.25, -0.2) is 0 Å². The van der Waals surface area contributed by atoms with Gasteiger partial charge in [0.2, 0.25) is 0 Å². The fraction of sp³-hybridized carbons (Fsp3) is 0.353. The number of rotatable bonds is 4. The molecule has 1 unspecified atom stereocenters. The SMILES string of the molecule is CCC(C)n1ccc(Cn2ccc3cc(C)ccc32)n1. The summed E-state index contributed by atoms with van der Waals surface area (Å²) in [6.45, 7) is 7.35. The Bertz CT molecular complexity index is 721. The molecule has 3 rings (SSSR count). The molecule has 1 atom stereocenters. The molecule has 0 aliphatic heterocycles. The first-order chi connectivity index (χ1) is 9.67. The number of aromatic nitrogens is 3. The largest absolute Gasteiger partial charge is 0.341 e. The minimum atomic E-state index is 0.466. The van der Waals surface area contributed by atoms with Gasteiger partial charge in [-0.3, -0.25) is 4.68 Å². The predicted octanol–water partition coefficient (Wildman–Crippen LogP) is 4.17. The summed E-state index contributed by atoms with van der Waals surface area (Å²) in [6.07, 6.45) is 5.33. The normalized spacial score (nSPS) is 12.9. The predicted molar refractivity (Wildman–Crippen MR) is 83.0 cm³/mol. The van der Waals surface area contributed by atoms with E-state index in [0.717, 1.165) is 18.7 Å². The molecule has 104 valence electrons. The highest BCUT2D eigenvalue weighted by molar-refractivity contribution is 5.80. The fourth-order valence-corrected chi connectivity index (χ4v) is 2.53. The molecule has 2 aromatic heterocycles. The maximum Gasteiger partial charge on any atom is 0.0821 e. The maximum absolute atomic E-state index is 4.68. The van der Waals surface area contributed by atoms with E-state index in [0.29, 0.717) is 6.04 Å². The molecular weight excluding hydrogens is 246 g/mol. The van der Waals surface area contributed by atoms with Crippen LogP contribution in [-0.2, 0) is 6.54 Å². The summed E-state index contributed by atoms with van der Waals surface area (Å²) in [6, 6.07) is 11.3. The monoisotopic (exact) mass is 267 g/mol. The molecule has 1 aromatic carbocycles. The maximum atomic E-state index is 4.68. The average molecular weight is 267 g/mol. The van der Waals surface area contributed by atoms with Crippen LogP contribution < -0.4 is 0 Å². The average Bonchev–Trinajstić information content (AvgIpc) is 3.06. The lowest BCUT2D eigenvalue weighted by Gasteiger charge is -2.08. The van der Waals surface area contributed by atoms with Gasteiger partial charge in [0, 0.05) is 24.0 Å². The summed E-state index contributed by atoms with van der Waals surface area (Å²) in [5, 5.41) is 5.97. The zero-order chi connectivity index (χ0) is 14.1. The Morgan fingerprint density at radius 3 is 2.80 bits per heavy atom. The zero-order valence-corrected chi connectivity index (χ0v) is 12.4. The van der Waals surface area contributed by atoms with Crippen molar-refractivity contribution in [2.75, 3.05) is 0 Å². The third kappa shape index (κ3) is 2.36. The highest BCUT2D eigenvalue weighted by Crippen LogP contribution is 2.18. The van der Waals surface area contributed by atoms with E-state index in [2.05, 4.69) is 77.8 Å².